The smallest absolute Gasteiger partial charge is 0.133 e. The van der Waals surface area contributed by atoms with Gasteiger partial charge in [-0.3, -0.25) is 0 Å². The van der Waals surface area contributed by atoms with Crippen LogP contribution >= 0.6 is 122 Å². The first-order chi connectivity index (χ1) is 61.6. The number of allylic oxidation sites excluding steroid dienone is 2. The zero-order valence-corrected chi connectivity index (χ0v) is 97.8. The molecule has 10 aromatic rings. The topological polar surface area (TPSA) is 93.4 Å². The number of benzene rings is 8. The molecule has 6 nitrogen and oxygen atoms in total. The first-order valence-electron chi connectivity index (χ1n) is 46.0. The van der Waals surface area contributed by atoms with Crippen LogP contribution < -0.4 is 9.97 Å². The third-order valence-corrected chi connectivity index (χ3v) is 33.4. The van der Waals surface area contributed by atoms with Crippen LogP contribution in [-0.2, 0) is 60.5 Å². The Hall–Kier alpha value is -4.77. The van der Waals surface area contributed by atoms with E-state index in [9.17, 15) is 10.2 Å². The van der Waals surface area contributed by atoms with Crippen molar-refractivity contribution >= 4 is 142 Å². The van der Waals surface area contributed by atoms with E-state index < -0.39 is 35.8 Å². The van der Waals surface area contributed by atoms with E-state index in [1.165, 1.54) is 161 Å². The summed E-state index contributed by atoms with van der Waals surface area (Å²) < 4.78 is 16.6. The zero-order chi connectivity index (χ0) is 97.1. The Morgan fingerprint density at radius 1 is 0.485 bits per heavy atom. The van der Waals surface area contributed by atoms with E-state index in [2.05, 4.69) is 354 Å². The van der Waals surface area contributed by atoms with Crippen LogP contribution in [0.3, 0.4) is 0 Å². The second-order valence-electron chi connectivity index (χ2n) is 37.2. The summed E-state index contributed by atoms with van der Waals surface area (Å²) >= 11 is 39.2. The van der Waals surface area contributed by atoms with Gasteiger partial charge in [0.1, 0.15) is 11.5 Å². The number of hydrogen-bond donors (Lipinski definition) is 2. The minimum Gasteiger partial charge on any atom is -0.670 e. The Bertz CT molecular complexity index is 5040. The van der Waals surface area contributed by atoms with Crippen molar-refractivity contribution in [3.05, 3.63) is 313 Å². The van der Waals surface area contributed by atoms with Gasteiger partial charge in [0.25, 0.3) is 0 Å². The number of alkyl halides is 2. The van der Waals surface area contributed by atoms with E-state index in [0.29, 0.717) is 74.8 Å². The first kappa shape index (κ1) is 118. The number of phenolic OH excluding ortho intramolecular Hbond substituents is 2. The molecule has 0 unspecified atom stereocenters. The third-order valence-electron chi connectivity index (χ3n) is 22.3. The van der Waals surface area contributed by atoms with Crippen LogP contribution in [0.5, 0.6) is 11.5 Å². The molecule has 12 rings (SSSR count). The summed E-state index contributed by atoms with van der Waals surface area (Å²) in [7, 11) is 0. The van der Waals surface area contributed by atoms with Crippen molar-refractivity contribution in [2.45, 2.75) is 302 Å². The minimum absolute atomic E-state index is 0.0974. The SMILES string of the molecule is C=CCBr.CC(C)(C)[CH]=[W]=[N]c1c(Cl)cccc1Cl.CC(C)c1cc(C(C)C)c(-c2cccc(-c3c(C(C)C)cc(C(C)C)cc3C(C)C)c2O)c(C(C)C)c1.CC(C)c1cccc(C(C)C)c1[N]=[W]=[CH]C(C)(C)c1ccccc1.Cc1cc2c(cc1Br)CCC[C@@H]2c1c(O)c(Br)cc2c1CCCC2.Cc1ccc(C)[n-]1.Cl/C=C\CCCCCCBr.Cl/C=C\Cl.c1cc[n-]c1. The maximum absolute atomic E-state index is 12.1. The quantitative estimate of drug-likeness (QED) is 0.0402. The van der Waals surface area contributed by atoms with Crippen molar-refractivity contribution in [2.24, 2.45) is 12.4 Å². The number of aryl methyl sites for hydroxylation is 5. The fourth-order valence-electron chi connectivity index (χ4n) is 15.2. The van der Waals surface area contributed by atoms with E-state index >= 15 is 0 Å². The normalized spacial score (nSPS) is 12.7. The molecular formula is C113H147Br4Cl5N4O2W2-2. The van der Waals surface area contributed by atoms with Gasteiger partial charge < -0.3 is 20.2 Å². The number of rotatable bonds is 22. The van der Waals surface area contributed by atoms with Gasteiger partial charge in [0.05, 0.1) is 4.47 Å². The van der Waals surface area contributed by atoms with Crippen molar-refractivity contribution in [1.29, 1.82) is 0 Å². The average Bonchev–Trinajstić information content (AvgIpc) is 0.925. The zero-order valence-electron chi connectivity index (χ0n) is 81.8. The van der Waals surface area contributed by atoms with E-state index in [-0.39, 0.29) is 10.8 Å². The van der Waals surface area contributed by atoms with E-state index in [1.807, 2.05) is 62.4 Å². The molecule has 1 atom stereocenters. The van der Waals surface area contributed by atoms with Gasteiger partial charge in [0.15, 0.2) is 0 Å². The molecular weight excluding hydrogens is 2310 g/mol. The number of para-hydroxylation sites is 1. The van der Waals surface area contributed by atoms with Crippen LogP contribution in [0.15, 0.2) is 215 Å². The van der Waals surface area contributed by atoms with Crippen molar-refractivity contribution in [3.63, 3.8) is 0 Å². The minimum atomic E-state index is -0.918. The summed E-state index contributed by atoms with van der Waals surface area (Å²) in [4.78, 5) is 7.83. The number of halogens is 9. The van der Waals surface area contributed by atoms with Crippen LogP contribution in [0.2, 0.25) is 10.0 Å². The van der Waals surface area contributed by atoms with Crippen LogP contribution in [0.4, 0.5) is 11.4 Å². The van der Waals surface area contributed by atoms with Gasteiger partial charge >= 0.3 is 265 Å². The summed E-state index contributed by atoms with van der Waals surface area (Å²) in [5, 5.41) is 26.3. The maximum Gasteiger partial charge on any atom is 0.133 e. The van der Waals surface area contributed by atoms with Gasteiger partial charge in [0, 0.05) is 54.3 Å². The molecule has 2 aliphatic rings. The van der Waals surface area contributed by atoms with Crippen LogP contribution in [0, 0.1) is 26.2 Å². The molecule has 0 bridgehead atoms. The molecule has 2 N–H and O–H groups in total. The molecule has 0 amide bonds. The van der Waals surface area contributed by atoms with Crippen molar-refractivity contribution in [1.82, 2.24) is 9.97 Å². The number of fused-ring (bicyclic) bond motifs is 2. The number of unbranched alkanes of at least 4 members (excludes halogenated alkanes) is 4. The third kappa shape index (κ3) is 39.0. The van der Waals surface area contributed by atoms with Gasteiger partial charge in [-0.05, 0) is 207 Å². The monoisotopic (exact) mass is 2450 g/mol. The molecule has 2 aromatic heterocycles. The van der Waals surface area contributed by atoms with E-state index in [0.717, 1.165) is 75.4 Å². The number of aromatic nitrogens is 2. The Morgan fingerprint density at radius 2 is 0.931 bits per heavy atom. The molecule has 2 heterocycles. The largest absolute Gasteiger partial charge is 0.670 e. The summed E-state index contributed by atoms with van der Waals surface area (Å²) in [6.07, 6.45) is 21.9. The average molecular weight is 2460 g/mol. The van der Waals surface area contributed by atoms with Gasteiger partial charge in [-0.25, -0.2) is 0 Å². The predicted molar refractivity (Wildman–Crippen MR) is 582 cm³/mol. The fraction of sp³-hybridized carbons (Fsp3) is 0.434. The summed E-state index contributed by atoms with van der Waals surface area (Å²) in [5.41, 5.74) is 33.4. The van der Waals surface area contributed by atoms with E-state index in [4.69, 9.17) is 61.5 Å². The van der Waals surface area contributed by atoms with E-state index in [1.54, 1.807) is 24.0 Å². The van der Waals surface area contributed by atoms with Gasteiger partial charge in [-0.2, -0.15) is 23.8 Å². The Balaban J connectivity index is 0.000000335. The molecule has 2 aliphatic carbocycles. The standard InChI is InChI=1S/C36H50O.C21H22Br2O.C12H17N.C10H12.C8H14BrCl.C6H3Cl2N.C6H8N.C5H10.C4H4N.C3H5Br.C2H2Cl2.2W/c1-20(2)26-16-30(22(5)6)34(31(17-26)23(7)8)28-14-13-15-29(36(28)37)35-32(24(9)10)18-27(21(3)4)19-33(35)25(11)12;1-12-9-17-14(10-18(12)22)6-4-8-16(17)20-15-7-3-2-5-13(15)11-19(23)21(20)24;1-8(2)10-6-5-7-11(9(3)4)12(10)13;1-10(2,3)9-7-5-4-6-8-9;9-7-5-3-1-2-4-6-8-10;7-4-2-1-3-5(8)6(4)9;1-5-3-4-6(2)7-5;1-5(2,3)4;1-2-4-5-3-1;1-2-3-4;3-1-2-4;;/h13-25,37H,1-12H3;9-11,16,24H,2-8H2,1H3;5-9H,1-4H3;1,4-8H,2-3H3;6,8H,1-5,7H2;1-3H;3-4H,1-2H3;1H,2-4H3;1-4H;2H,1,3H2;1-2H;;/q;;;;;;-1;;-1;;;;/b;;;;8-6-;;;;;;2-1-;;/t;16-;;;;;;;;;;;/m.0.........../s1. The Kier molecular flexibility index (Phi) is 55.5. The maximum atomic E-state index is 12.1. The second kappa shape index (κ2) is 61.4. The number of hydrogen-bond acceptors (Lipinski definition) is 4. The van der Waals surface area contributed by atoms with Crippen molar-refractivity contribution in [3.8, 4) is 33.8 Å². The molecule has 708 valence electrons. The summed E-state index contributed by atoms with van der Waals surface area (Å²) in [6.45, 7) is 57.0. The van der Waals surface area contributed by atoms with Gasteiger partial charge in [0.2, 0.25) is 0 Å². The molecule has 0 radical (unpaired) electrons. The van der Waals surface area contributed by atoms with Gasteiger partial charge in [-0.15, -0.1) is 6.58 Å². The van der Waals surface area contributed by atoms with Crippen LogP contribution in [0.1, 0.15) is 351 Å². The molecule has 0 fully saturated rings. The Morgan fingerprint density at radius 3 is 1.35 bits per heavy atom. The summed E-state index contributed by atoms with van der Waals surface area (Å²) in [6, 6.07) is 53.4. The van der Waals surface area contributed by atoms with Crippen molar-refractivity contribution in [2.75, 3.05) is 10.7 Å². The number of phenols is 2. The molecule has 0 saturated carbocycles. The molecule has 8 aromatic carbocycles. The first-order valence-corrected chi connectivity index (χ1v) is 58.0. The second-order valence-corrected chi connectivity index (χ2v) is 46.5. The number of nitrogens with zero attached hydrogens (tertiary/aromatic N) is 4. The number of aromatic hydroxyl groups is 2. The molecule has 0 aliphatic heterocycles. The summed E-state index contributed by atoms with van der Waals surface area (Å²) in [5.74, 6) is 4.59. The Labute approximate surface area is 860 Å². The molecule has 0 saturated heterocycles. The predicted octanol–water partition coefficient (Wildman–Crippen LogP) is 38.9. The van der Waals surface area contributed by atoms with Crippen LogP contribution in [0.25, 0.3) is 22.3 Å². The molecule has 130 heavy (non-hydrogen) atoms. The van der Waals surface area contributed by atoms with Crippen LogP contribution in [-0.4, -0.2) is 29.7 Å². The molecule has 0 spiro atoms. The van der Waals surface area contributed by atoms with Crippen molar-refractivity contribution < 1.29 is 46.1 Å². The fourth-order valence-corrected chi connectivity index (χ4v) is 22.6. The van der Waals surface area contributed by atoms with Gasteiger partial charge in [-0.1, -0.05) is 277 Å². The molecule has 17 heteroatoms.